The molecule has 4 rings (SSSR count). The summed E-state index contributed by atoms with van der Waals surface area (Å²) >= 11 is 0. The number of nitrogens with zero attached hydrogens (tertiary/aromatic N) is 3. The Morgan fingerprint density at radius 1 is 1.03 bits per heavy atom. The summed E-state index contributed by atoms with van der Waals surface area (Å²) in [5.74, 6) is 0.343. The maximum atomic E-state index is 13.2. The number of rotatable bonds is 8. The van der Waals surface area contributed by atoms with Crippen molar-refractivity contribution in [1.29, 1.82) is 0 Å². The van der Waals surface area contributed by atoms with Crippen molar-refractivity contribution in [3.05, 3.63) is 83.9 Å². The molecule has 1 aromatic heterocycles. The Morgan fingerprint density at radius 3 is 2.31 bits per heavy atom. The largest absolute Gasteiger partial charge is 0.370 e. The zero-order valence-electron chi connectivity index (χ0n) is 18.2. The van der Waals surface area contributed by atoms with Crippen LogP contribution in [0.25, 0.3) is 11.4 Å². The highest BCUT2D eigenvalue weighted by molar-refractivity contribution is 5.74. The van der Waals surface area contributed by atoms with Gasteiger partial charge in [0, 0.05) is 30.9 Å². The molecule has 166 valence electrons. The van der Waals surface area contributed by atoms with Crippen molar-refractivity contribution in [2.45, 2.75) is 31.6 Å². The van der Waals surface area contributed by atoms with Crippen molar-refractivity contribution in [3.63, 3.8) is 0 Å². The van der Waals surface area contributed by atoms with Crippen LogP contribution in [0.3, 0.4) is 0 Å². The van der Waals surface area contributed by atoms with Crippen LogP contribution < -0.4 is 5.73 Å². The van der Waals surface area contributed by atoms with Crippen molar-refractivity contribution < 1.29 is 9.18 Å². The lowest BCUT2D eigenvalue weighted by Crippen LogP contribution is -2.37. The van der Waals surface area contributed by atoms with Crippen LogP contribution in [-0.2, 0) is 11.2 Å². The molecule has 2 N–H and O–H groups in total. The Kier molecular flexibility index (Phi) is 7.22. The van der Waals surface area contributed by atoms with Gasteiger partial charge in [-0.15, -0.1) is 0 Å². The van der Waals surface area contributed by atoms with Crippen molar-refractivity contribution >= 4 is 5.91 Å². The van der Waals surface area contributed by atoms with Crippen molar-refractivity contribution in [2.75, 3.05) is 19.6 Å². The number of hydrogen-bond donors (Lipinski definition) is 1. The molecule has 1 atom stereocenters. The molecule has 2 aromatic carbocycles. The molecule has 1 amide bonds. The molecule has 2 heterocycles. The summed E-state index contributed by atoms with van der Waals surface area (Å²) in [6, 6.07) is 16.7. The first-order valence-electron chi connectivity index (χ1n) is 11.2. The fraction of sp³-hybridized carbons (Fsp3) is 0.346. The smallest absolute Gasteiger partial charge is 0.218 e. The predicted molar refractivity (Wildman–Crippen MR) is 123 cm³/mol. The summed E-state index contributed by atoms with van der Waals surface area (Å²) in [6.07, 6.45) is 6.98. The Bertz CT molecular complexity index is 1000. The number of primary amides is 1. The Morgan fingerprint density at radius 2 is 1.69 bits per heavy atom. The van der Waals surface area contributed by atoms with Crippen LogP contribution in [0.5, 0.6) is 0 Å². The fourth-order valence-corrected chi connectivity index (χ4v) is 4.56. The lowest BCUT2D eigenvalue weighted by Gasteiger charge is -2.36. The quantitative estimate of drug-likeness (QED) is 0.579. The lowest BCUT2D eigenvalue weighted by molar-refractivity contribution is -0.118. The van der Waals surface area contributed by atoms with E-state index in [0.717, 1.165) is 50.0 Å². The van der Waals surface area contributed by atoms with Crippen LogP contribution in [-0.4, -0.2) is 40.4 Å². The van der Waals surface area contributed by atoms with E-state index in [1.54, 1.807) is 24.5 Å². The average molecular weight is 433 g/mol. The molecule has 1 aliphatic heterocycles. The van der Waals surface area contributed by atoms with Gasteiger partial charge in [0.25, 0.3) is 0 Å². The summed E-state index contributed by atoms with van der Waals surface area (Å²) in [6.45, 7) is 3.08. The number of carbonyl (C=O) groups excluding carboxylic acids is 1. The number of piperidine rings is 1. The third-order valence-electron chi connectivity index (χ3n) is 6.38. The first-order valence-corrected chi connectivity index (χ1v) is 11.2. The molecule has 0 spiro atoms. The van der Waals surface area contributed by atoms with E-state index in [4.69, 9.17) is 5.73 Å². The SMILES string of the molecule is NC(=O)CC(c1cnc(-c2ccc(F)cc2)nc1)C1CCN(CCc2ccccc2)CC1. The molecule has 5 nitrogen and oxygen atoms in total. The third-order valence-corrected chi connectivity index (χ3v) is 6.38. The summed E-state index contributed by atoms with van der Waals surface area (Å²) in [5, 5.41) is 0. The number of aromatic nitrogens is 2. The number of benzene rings is 2. The van der Waals surface area contributed by atoms with Crippen molar-refractivity contribution in [2.24, 2.45) is 11.7 Å². The molecule has 6 heteroatoms. The second-order valence-corrected chi connectivity index (χ2v) is 8.54. The number of hydrogen-bond acceptors (Lipinski definition) is 4. The van der Waals surface area contributed by atoms with Crippen molar-refractivity contribution in [3.8, 4) is 11.4 Å². The normalized spacial score (nSPS) is 16.0. The number of amides is 1. The van der Waals surface area contributed by atoms with Gasteiger partial charge in [-0.3, -0.25) is 4.79 Å². The molecule has 32 heavy (non-hydrogen) atoms. The highest BCUT2D eigenvalue weighted by Gasteiger charge is 2.29. The maximum absolute atomic E-state index is 13.2. The fourth-order valence-electron chi connectivity index (χ4n) is 4.56. The van der Waals surface area contributed by atoms with E-state index in [1.165, 1.54) is 17.7 Å². The Labute approximate surface area is 188 Å². The van der Waals surface area contributed by atoms with Gasteiger partial charge < -0.3 is 10.6 Å². The second kappa shape index (κ2) is 10.5. The molecule has 0 radical (unpaired) electrons. The predicted octanol–water partition coefficient (Wildman–Crippen LogP) is 4.20. The van der Waals surface area contributed by atoms with Gasteiger partial charge in [0.15, 0.2) is 5.82 Å². The standard InChI is InChI=1S/C26H29FN4O/c27-23-8-6-21(7-9-23)26-29-17-22(18-30-26)24(16-25(28)32)20-11-14-31(15-12-20)13-10-19-4-2-1-3-5-19/h1-9,17-18,20,24H,10-16H2,(H2,28,32). The van der Waals surface area contributed by atoms with Crippen LogP contribution in [0, 0.1) is 11.7 Å². The van der Waals surface area contributed by atoms with Crippen LogP contribution in [0.15, 0.2) is 67.0 Å². The van der Waals surface area contributed by atoms with Crippen LogP contribution >= 0.6 is 0 Å². The molecule has 0 aliphatic carbocycles. The summed E-state index contributed by atoms with van der Waals surface area (Å²) in [4.78, 5) is 23.3. The third kappa shape index (κ3) is 5.77. The van der Waals surface area contributed by atoms with E-state index >= 15 is 0 Å². The van der Waals surface area contributed by atoms with Gasteiger partial charge in [-0.25, -0.2) is 14.4 Å². The molecule has 0 saturated carbocycles. The molecule has 1 fully saturated rings. The molecule has 1 saturated heterocycles. The van der Waals surface area contributed by atoms with E-state index < -0.39 is 0 Å². The second-order valence-electron chi connectivity index (χ2n) is 8.54. The minimum Gasteiger partial charge on any atom is -0.370 e. The first-order chi connectivity index (χ1) is 15.6. The highest BCUT2D eigenvalue weighted by Crippen LogP contribution is 2.35. The monoisotopic (exact) mass is 432 g/mol. The van der Waals surface area contributed by atoms with Crippen LogP contribution in [0.4, 0.5) is 4.39 Å². The van der Waals surface area contributed by atoms with E-state index in [9.17, 15) is 9.18 Å². The highest BCUT2D eigenvalue weighted by atomic mass is 19.1. The maximum Gasteiger partial charge on any atom is 0.218 e. The zero-order valence-corrected chi connectivity index (χ0v) is 18.2. The van der Waals surface area contributed by atoms with Gasteiger partial charge in [-0.1, -0.05) is 30.3 Å². The van der Waals surface area contributed by atoms with Gasteiger partial charge in [0.05, 0.1) is 0 Å². The average Bonchev–Trinajstić information content (AvgIpc) is 2.83. The minimum atomic E-state index is -0.302. The number of nitrogens with two attached hydrogens (primary N) is 1. The van der Waals surface area contributed by atoms with Crippen LogP contribution in [0.2, 0.25) is 0 Å². The zero-order chi connectivity index (χ0) is 22.3. The summed E-state index contributed by atoms with van der Waals surface area (Å²) < 4.78 is 13.2. The van der Waals surface area contributed by atoms with Gasteiger partial charge in [0.1, 0.15) is 5.82 Å². The lowest BCUT2D eigenvalue weighted by atomic mass is 9.79. The van der Waals surface area contributed by atoms with Gasteiger partial charge in [-0.2, -0.15) is 0 Å². The first kappa shape index (κ1) is 22.1. The number of carbonyl (C=O) groups is 1. The van der Waals surface area contributed by atoms with Crippen LogP contribution in [0.1, 0.15) is 36.3 Å². The van der Waals surface area contributed by atoms with E-state index in [1.807, 2.05) is 6.07 Å². The van der Waals surface area contributed by atoms with Gasteiger partial charge in [0.2, 0.25) is 5.91 Å². The van der Waals surface area contributed by atoms with Gasteiger partial charge in [-0.05, 0) is 79.6 Å². The molecular weight excluding hydrogens is 403 g/mol. The number of halogens is 1. The molecule has 3 aromatic rings. The minimum absolute atomic E-state index is 0.0195. The molecule has 0 bridgehead atoms. The van der Waals surface area contributed by atoms with E-state index in [2.05, 4.69) is 39.1 Å². The van der Waals surface area contributed by atoms with E-state index in [-0.39, 0.29) is 17.6 Å². The molecule has 1 aliphatic rings. The molecular formula is C26H29FN4O. The topological polar surface area (TPSA) is 72.1 Å². The Balaban J connectivity index is 1.39. The summed E-state index contributed by atoms with van der Waals surface area (Å²) in [5.41, 5.74) is 8.65. The summed E-state index contributed by atoms with van der Waals surface area (Å²) in [7, 11) is 0. The Hall–Kier alpha value is -3.12. The van der Waals surface area contributed by atoms with Gasteiger partial charge >= 0.3 is 0 Å². The van der Waals surface area contributed by atoms with E-state index in [0.29, 0.717) is 18.2 Å². The number of likely N-dealkylation sites (tertiary alicyclic amines) is 1. The molecule has 1 unspecified atom stereocenters. The van der Waals surface area contributed by atoms with Crippen molar-refractivity contribution in [1.82, 2.24) is 14.9 Å².